The van der Waals surface area contributed by atoms with E-state index in [1.165, 1.54) is 12.0 Å². The van der Waals surface area contributed by atoms with E-state index >= 15 is 0 Å². The number of carbonyl (C=O) groups excluding carboxylic acids is 1. The van der Waals surface area contributed by atoms with Crippen molar-refractivity contribution in [2.45, 2.75) is 51.1 Å². The van der Waals surface area contributed by atoms with E-state index in [4.69, 9.17) is 4.74 Å². The van der Waals surface area contributed by atoms with Gasteiger partial charge in [-0.25, -0.2) is 13.2 Å². The molecule has 0 fully saturated rings. The van der Waals surface area contributed by atoms with Crippen LogP contribution in [-0.4, -0.2) is 45.3 Å². The number of alkyl halides is 3. The molecule has 0 bridgehead atoms. The highest BCUT2D eigenvalue weighted by Crippen LogP contribution is 2.30. The van der Waals surface area contributed by atoms with Gasteiger partial charge in [-0.15, -0.1) is 10.2 Å². The molecule has 1 aromatic heterocycles. The van der Waals surface area contributed by atoms with Crippen LogP contribution in [0.2, 0.25) is 0 Å². The van der Waals surface area contributed by atoms with Gasteiger partial charge in [0.1, 0.15) is 11.6 Å². The Balaban J connectivity index is 1.52. The summed E-state index contributed by atoms with van der Waals surface area (Å²) in [7, 11) is 1.53. The topological polar surface area (TPSA) is 72.3 Å². The van der Waals surface area contributed by atoms with Crippen LogP contribution in [0.5, 0.6) is 5.75 Å². The van der Waals surface area contributed by atoms with Gasteiger partial charge in [0.15, 0.2) is 17.5 Å². The lowest BCUT2D eigenvalue weighted by molar-refractivity contribution is -0.148. The van der Waals surface area contributed by atoms with Crippen molar-refractivity contribution in [2.75, 3.05) is 13.7 Å². The van der Waals surface area contributed by atoms with Gasteiger partial charge in [-0.2, -0.15) is 13.2 Å². The zero-order valence-corrected chi connectivity index (χ0v) is 20.5. The summed E-state index contributed by atoms with van der Waals surface area (Å²) in [5.74, 6) is -4.40. The second kappa shape index (κ2) is 11.0. The van der Waals surface area contributed by atoms with Gasteiger partial charge >= 0.3 is 6.18 Å². The first kappa shape index (κ1) is 27.4. The van der Waals surface area contributed by atoms with Crippen LogP contribution < -0.4 is 10.1 Å². The van der Waals surface area contributed by atoms with E-state index in [1.54, 1.807) is 12.1 Å². The molecule has 0 spiro atoms. The van der Waals surface area contributed by atoms with Crippen LogP contribution in [0.15, 0.2) is 36.4 Å². The minimum Gasteiger partial charge on any atom is -0.497 e. The number of ether oxygens (including phenoxy) is 1. The summed E-state index contributed by atoms with van der Waals surface area (Å²) in [6, 6.07) is 7.28. The van der Waals surface area contributed by atoms with Crippen LogP contribution in [0.3, 0.4) is 0 Å². The quantitative estimate of drug-likeness (QED) is 0.338. The van der Waals surface area contributed by atoms with Gasteiger partial charge in [0.05, 0.1) is 13.7 Å². The molecule has 2 heterocycles. The zero-order valence-electron chi connectivity index (χ0n) is 20.5. The molecule has 4 rings (SSSR count). The Labute approximate surface area is 214 Å². The summed E-state index contributed by atoms with van der Waals surface area (Å²) < 4.78 is 87.2. The molecule has 1 amide bonds. The Morgan fingerprint density at radius 3 is 2.39 bits per heavy atom. The summed E-state index contributed by atoms with van der Waals surface area (Å²) in [6.07, 6.45) is -4.99. The van der Waals surface area contributed by atoms with Crippen molar-refractivity contribution in [1.29, 1.82) is 0 Å². The molecular formula is C25H25F6N5O2. The first-order valence-electron chi connectivity index (χ1n) is 11.8. The maximum atomic E-state index is 14.4. The predicted octanol–water partition coefficient (Wildman–Crippen LogP) is 4.42. The number of aromatic nitrogens is 3. The highest BCUT2D eigenvalue weighted by molar-refractivity contribution is 5.77. The summed E-state index contributed by atoms with van der Waals surface area (Å²) in [4.78, 5) is 14.5. The van der Waals surface area contributed by atoms with Crippen molar-refractivity contribution in [2.24, 2.45) is 0 Å². The fraction of sp³-hybridized carbons (Fsp3) is 0.400. The fourth-order valence-corrected chi connectivity index (χ4v) is 4.44. The summed E-state index contributed by atoms with van der Waals surface area (Å²) in [5, 5.41) is 10.0. The molecule has 0 radical (unpaired) electrons. The maximum Gasteiger partial charge on any atom is 0.451 e. The second-order valence-corrected chi connectivity index (χ2v) is 9.03. The van der Waals surface area contributed by atoms with E-state index < -0.39 is 41.4 Å². The monoisotopic (exact) mass is 541 g/mol. The van der Waals surface area contributed by atoms with Crippen LogP contribution in [0.4, 0.5) is 26.3 Å². The zero-order chi connectivity index (χ0) is 27.6. The molecule has 204 valence electrons. The number of fused-ring (bicyclic) bond motifs is 1. The molecule has 13 heteroatoms. The molecule has 0 saturated carbocycles. The lowest BCUT2D eigenvalue weighted by Crippen LogP contribution is -2.43. The van der Waals surface area contributed by atoms with Crippen LogP contribution in [0.1, 0.15) is 42.2 Å². The van der Waals surface area contributed by atoms with Crippen LogP contribution in [0, 0.1) is 17.5 Å². The SMILES string of the molecule is COc1ccc([C@H](C)NC(CC(=O)N2CCn3c(nnc3C(F)(F)F)C2)Cc2cc(F)c(F)cc2F)cc1. The van der Waals surface area contributed by atoms with Crippen molar-refractivity contribution in [3.8, 4) is 5.75 Å². The molecule has 38 heavy (non-hydrogen) atoms. The molecular weight excluding hydrogens is 516 g/mol. The number of hydrogen-bond donors (Lipinski definition) is 1. The van der Waals surface area contributed by atoms with Crippen molar-refractivity contribution in [1.82, 2.24) is 25.0 Å². The summed E-state index contributed by atoms with van der Waals surface area (Å²) in [5.41, 5.74) is 0.712. The number of carbonyl (C=O) groups is 1. The number of hydrogen-bond acceptors (Lipinski definition) is 5. The molecule has 1 aliphatic heterocycles. The number of nitrogens with one attached hydrogen (secondary N) is 1. The molecule has 2 atom stereocenters. The molecule has 1 unspecified atom stereocenters. The Morgan fingerprint density at radius 1 is 1.05 bits per heavy atom. The van der Waals surface area contributed by atoms with E-state index in [0.29, 0.717) is 11.8 Å². The molecule has 7 nitrogen and oxygen atoms in total. The Morgan fingerprint density at radius 2 is 1.74 bits per heavy atom. The standard InChI is InChI=1S/C25H25F6N5O2/c1-14(15-3-5-18(38-2)6-4-15)32-17(9-16-10-20(27)21(28)12-19(16)26)11-23(37)35-7-8-36-22(13-35)33-34-24(36)25(29,30)31/h3-6,10,12,14,17,32H,7-9,11,13H2,1-2H3/t14-,17?/m0/s1. The highest BCUT2D eigenvalue weighted by Gasteiger charge is 2.40. The van der Waals surface area contributed by atoms with Crippen molar-refractivity contribution in [3.05, 3.63) is 76.6 Å². The average Bonchev–Trinajstić information content (AvgIpc) is 3.31. The smallest absolute Gasteiger partial charge is 0.451 e. The van der Waals surface area contributed by atoms with Crippen molar-refractivity contribution < 1.29 is 35.9 Å². The number of rotatable bonds is 8. The Kier molecular flexibility index (Phi) is 7.95. The maximum absolute atomic E-state index is 14.4. The van der Waals surface area contributed by atoms with Gasteiger partial charge in [-0.3, -0.25) is 4.79 Å². The third kappa shape index (κ3) is 6.09. The first-order valence-corrected chi connectivity index (χ1v) is 11.8. The second-order valence-electron chi connectivity index (χ2n) is 9.03. The number of methoxy groups -OCH3 is 1. The number of amides is 1. The molecule has 0 aliphatic carbocycles. The van der Waals surface area contributed by atoms with Crippen LogP contribution in [-0.2, 0) is 30.5 Å². The van der Waals surface area contributed by atoms with Crippen LogP contribution in [0.25, 0.3) is 0 Å². The van der Waals surface area contributed by atoms with Crippen LogP contribution >= 0.6 is 0 Å². The van der Waals surface area contributed by atoms with Crippen molar-refractivity contribution in [3.63, 3.8) is 0 Å². The fourth-order valence-electron chi connectivity index (χ4n) is 4.44. The minimum atomic E-state index is -4.67. The predicted molar refractivity (Wildman–Crippen MR) is 123 cm³/mol. The van der Waals surface area contributed by atoms with Gasteiger partial charge in [0.25, 0.3) is 0 Å². The van der Waals surface area contributed by atoms with Gasteiger partial charge in [0.2, 0.25) is 11.7 Å². The van der Waals surface area contributed by atoms with Gasteiger partial charge in [-0.1, -0.05) is 12.1 Å². The molecule has 2 aromatic carbocycles. The minimum absolute atomic E-state index is 0.000291. The van der Waals surface area contributed by atoms with E-state index in [0.717, 1.165) is 16.2 Å². The van der Waals surface area contributed by atoms with E-state index in [-0.39, 0.29) is 49.9 Å². The average molecular weight is 541 g/mol. The third-order valence-electron chi connectivity index (χ3n) is 6.44. The molecule has 1 N–H and O–H groups in total. The van der Waals surface area contributed by atoms with E-state index in [2.05, 4.69) is 15.5 Å². The molecule has 1 aliphatic rings. The Hall–Kier alpha value is -3.61. The van der Waals surface area contributed by atoms with E-state index in [9.17, 15) is 31.1 Å². The summed E-state index contributed by atoms with van der Waals surface area (Å²) >= 11 is 0. The summed E-state index contributed by atoms with van der Waals surface area (Å²) in [6.45, 7) is 1.50. The number of nitrogens with zero attached hydrogens (tertiary/aromatic N) is 4. The Bertz CT molecular complexity index is 1290. The largest absolute Gasteiger partial charge is 0.497 e. The van der Waals surface area contributed by atoms with Crippen molar-refractivity contribution >= 4 is 5.91 Å². The third-order valence-corrected chi connectivity index (χ3v) is 6.44. The lowest BCUT2D eigenvalue weighted by Gasteiger charge is -2.30. The normalized spacial score (nSPS) is 15.2. The number of benzene rings is 2. The first-order chi connectivity index (χ1) is 18.0. The van der Waals surface area contributed by atoms with E-state index in [1.807, 2.05) is 19.1 Å². The van der Waals surface area contributed by atoms with Gasteiger partial charge < -0.3 is 19.5 Å². The highest BCUT2D eigenvalue weighted by atomic mass is 19.4. The number of halogens is 6. The molecule has 0 saturated heterocycles. The van der Waals surface area contributed by atoms with Gasteiger partial charge in [-0.05, 0) is 42.7 Å². The lowest BCUT2D eigenvalue weighted by atomic mass is 9.99. The molecule has 3 aromatic rings. The van der Waals surface area contributed by atoms with Gasteiger partial charge in [0, 0.05) is 37.7 Å².